The Balaban J connectivity index is 2.24. The van der Waals surface area contributed by atoms with Gasteiger partial charge in [0.1, 0.15) is 5.82 Å². The van der Waals surface area contributed by atoms with Crippen molar-refractivity contribution in [2.45, 2.75) is 25.0 Å². The number of hydrogen-bond donors (Lipinski definition) is 1. The SMILES string of the molecule is Cc1ccccc1CS(=O)(=O)Cc1cc(CN)ccc1F. The second-order valence-electron chi connectivity index (χ2n) is 5.09. The summed E-state index contributed by atoms with van der Waals surface area (Å²) >= 11 is 0. The number of rotatable bonds is 5. The summed E-state index contributed by atoms with van der Waals surface area (Å²) in [7, 11) is -3.44. The zero-order valence-corrected chi connectivity index (χ0v) is 12.7. The van der Waals surface area contributed by atoms with Crippen LogP contribution in [0.4, 0.5) is 4.39 Å². The molecule has 2 aromatic rings. The van der Waals surface area contributed by atoms with Crippen LogP contribution in [0.1, 0.15) is 22.3 Å². The van der Waals surface area contributed by atoms with Crippen molar-refractivity contribution >= 4 is 9.84 Å². The Bertz CT molecular complexity index is 742. The van der Waals surface area contributed by atoms with Gasteiger partial charge in [-0.2, -0.15) is 0 Å². The molecule has 2 rings (SSSR count). The third kappa shape index (κ3) is 4.12. The van der Waals surface area contributed by atoms with Crippen molar-refractivity contribution in [1.82, 2.24) is 0 Å². The van der Waals surface area contributed by atoms with Crippen molar-refractivity contribution in [3.8, 4) is 0 Å². The summed E-state index contributed by atoms with van der Waals surface area (Å²) in [5.74, 6) is -0.923. The summed E-state index contributed by atoms with van der Waals surface area (Å²) in [6.45, 7) is 2.12. The van der Waals surface area contributed by atoms with Gasteiger partial charge >= 0.3 is 0 Å². The van der Waals surface area contributed by atoms with Crippen molar-refractivity contribution in [2.75, 3.05) is 0 Å². The van der Waals surface area contributed by atoms with Gasteiger partial charge < -0.3 is 5.73 Å². The van der Waals surface area contributed by atoms with E-state index in [0.29, 0.717) is 0 Å². The molecule has 0 bridgehead atoms. The van der Waals surface area contributed by atoms with Crippen molar-refractivity contribution in [1.29, 1.82) is 0 Å². The lowest BCUT2D eigenvalue weighted by atomic mass is 10.1. The smallest absolute Gasteiger partial charge is 0.158 e. The molecule has 0 atom stereocenters. The summed E-state index contributed by atoms with van der Waals surface area (Å²) in [5.41, 5.74) is 8.05. The Labute approximate surface area is 124 Å². The first kappa shape index (κ1) is 15.7. The van der Waals surface area contributed by atoms with E-state index in [1.807, 2.05) is 19.1 Å². The number of hydrogen-bond acceptors (Lipinski definition) is 3. The predicted octanol–water partition coefficient (Wildman–Crippen LogP) is 2.71. The van der Waals surface area contributed by atoms with Crippen LogP contribution >= 0.6 is 0 Å². The van der Waals surface area contributed by atoms with Crippen molar-refractivity contribution < 1.29 is 12.8 Å². The van der Waals surface area contributed by atoms with Crippen LogP contribution in [0.15, 0.2) is 42.5 Å². The van der Waals surface area contributed by atoms with Gasteiger partial charge in [-0.1, -0.05) is 36.4 Å². The molecule has 112 valence electrons. The molecule has 21 heavy (non-hydrogen) atoms. The number of halogens is 1. The van der Waals surface area contributed by atoms with Crippen molar-refractivity contribution in [2.24, 2.45) is 5.73 Å². The first-order valence-electron chi connectivity index (χ1n) is 6.63. The highest BCUT2D eigenvalue weighted by Gasteiger charge is 2.17. The van der Waals surface area contributed by atoms with Crippen molar-refractivity contribution in [3.63, 3.8) is 0 Å². The summed E-state index contributed by atoms with van der Waals surface area (Å²) in [5, 5.41) is 0. The molecule has 0 fully saturated rings. The van der Waals surface area contributed by atoms with Gasteiger partial charge in [0.05, 0.1) is 11.5 Å². The van der Waals surface area contributed by atoms with E-state index in [4.69, 9.17) is 5.73 Å². The summed E-state index contributed by atoms with van der Waals surface area (Å²) in [4.78, 5) is 0. The van der Waals surface area contributed by atoms with Gasteiger partial charge in [-0.3, -0.25) is 0 Å². The average molecular weight is 307 g/mol. The molecular weight excluding hydrogens is 289 g/mol. The minimum Gasteiger partial charge on any atom is -0.326 e. The summed E-state index contributed by atoms with van der Waals surface area (Å²) in [6.07, 6.45) is 0. The fourth-order valence-corrected chi connectivity index (χ4v) is 3.76. The van der Waals surface area contributed by atoms with Crippen LogP contribution in [0.2, 0.25) is 0 Å². The van der Waals surface area contributed by atoms with E-state index >= 15 is 0 Å². The monoisotopic (exact) mass is 307 g/mol. The predicted molar refractivity (Wildman–Crippen MR) is 81.8 cm³/mol. The van der Waals surface area contributed by atoms with Gasteiger partial charge in [-0.15, -0.1) is 0 Å². The fourth-order valence-electron chi connectivity index (χ4n) is 2.16. The lowest BCUT2D eigenvalue weighted by Gasteiger charge is -2.09. The average Bonchev–Trinajstić information content (AvgIpc) is 2.43. The molecular formula is C16H18FNO2S. The highest BCUT2D eigenvalue weighted by molar-refractivity contribution is 7.89. The molecule has 0 heterocycles. The zero-order chi connectivity index (χ0) is 15.5. The molecule has 0 aromatic heterocycles. The first-order valence-corrected chi connectivity index (χ1v) is 8.46. The molecule has 0 spiro atoms. The Morgan fingerprint density at radius 2 is 1.71 bits per heavy atom. The lowest BCUT2D eigenvalue weighted by molar-refractivity contribution is 0.586. The highest BCUT2D eigenvalue weighted by Crippen LogP contribution is 2.18. The van der Waals surface area contributed by atoms with E-state index in [0.717, 1.165) is 16.7 Å². The summed E-state index contributed by atoms with van der Waals surface area (Å²) in [6, 6.07) is 11.6. The normalized spacial score (nSPS) is 11.6. The summed E-state index contributed by atoms with van der Waals surface area (Å²) < 4.78 is 38.3. The van der Waals surface area contributed by atoms with Gasteiger partial charge in [0, 0.05) is 12.1 Å². The van der Waals surface area contributed by atoms with Gasteiger partial charge in [-0.25, -0.2) is 12.8 Å². The van der Waals surface area contributed by atoms with Gasteiger partial charge in [0.15, 0.2) is 9.84 Å². The highest BCUT2D eigenvalue weighted by atomic mass is 32.2. The topological polar surface area (TPSA) is 60.2 Å². The zero-order valence-electron chi connectivity index (χ0n) is 11.8. The second-order valence-corrected chi connectivity index (χ2v) is 7.15. The van der Waals surface area contributed by atoms with E-state index in [1.54, 1.807) is 18.2 Å². The molecule has 0 aliphatic carbocycles. The fraction of sp³-hybridized carbons (Fsp3) is 0.250. The van der Waals surface area contributed by atoms with Crippen LogP contribution in [-0.2, 0) is 27.9 Å². The molecule has 0 unspecified atom stereocenters. The Morgan fingerprint density at radius 1 is 1.05 bits per heavy atom. The standard InChI is InChI=1S/C16H18FNO2S/c1-12-4-2-3-5-14(12)10-21(19,20)11-15-8-13(9-18)6-7-16(15)17/h2-8H,9-11,18H2,1H3. The molecule has 0 aliphatic rings. The van der Waals surface area contributed by atoms with E-state index in [-0.39, 0.29) is 23.6 Å². The Kier molecular flexibility index (Phi) is 4.75. The first-order chi connectivity index (χ1) is 9.91. The largest absolute Gasteiger partial charge is 0.326 e. The maximum Gasteiger partial charge on any atom is 0.158 e. The molecule has 0 saturated carbocycles. The van der Waals surface area contributed by atoms with Crippen LogP contribution in [-0.4, -0.2) is 8.42 Å². The van der Waals surface area contributed by atoms with E-state index in [2.05, 4.69) is 0 Å². The molecule has 0 aliphatic heterocycles. The number of sulfone groups is 1. The van der Waals surface area contributed by atoms with E-state index in [9.17, 15) is 12.8 Å². The van der Waals surface area contributed by atoms with Crippen molar-refractivity contribution in [3.05, 3.63) is 70.5 Å². The molecule has 2 N–H and O–H groups in total. The quantitative estimate of drug-likeness (QED) is 0.924. The lowest BCUT2D eigenvalue weighted by Crippen LogP contribution is -2.10. The number of nitrogens with two attached hydrogens (primary N) is 1. The molecule has 0 amide bonds. The van der Waals surface area contributed by atoms with Gasteiger partial charge in [0.2, 0.25) is 0 Å². The minimum atomic E-state index is -3.44. The minimum absolute atomic E-state index is 0.0913. The Hall–Kier alpha value is -1.72. The van der Waals surface area contributed by atoms with Crippen LogP contribution in [0.3, 0.4) is 0 Å². The van der Waals surface area contributed by atoms with E-state index < -0.39 is 15.7 Å². The Morgan fingerprint density at radius 3 is 2.38 bits per heavy atom. The maximum absolute atomic E-state index is 13.7. The molecule has 0 saturated heterocycles. The van der Waals surface area contributed by atoms with Crippen LogP contribution in [0.25, 0.3) is 0 Å². The number of aryl methyl sites for hydroxylation is 1. The number of benzene rings is 2. The molecule has 0 radical (unpaired) electrons. The molecule has 5 heteroatoms. The maximum atomic E-state index is 13.7. The molecule has 2 aromatic carbocycles. The second kappa shape index (κ2) is 6.37. The third-order valence-electron chi connectivity index (χ3n) is 3.36. The molecule has 3 nitrogen and oxygen atoms in total. The van der Waals surface area contributed by atoms with Crippen LogP contribution in [0, 0.1) is 12.7 Å². The third-order valence-corrected chi connectivity index (χ3v) is 4.86. The van der Waals surface area contributed by atoms with Crippen LogP contribution in [0.5, 0.6) is 0 Å². The van der Waals surface area contributed by atoms with Gasteiger partial charge in [-0.05, 0) is 29.7 Å². The van der Waals surface area contributed by atoms with Gasteiger partial charge in [0.25, 0.3) is 0 Å². The van der Waals surface area contributed by atoms with E-state index in [1.165, 1.54) is 12.1 Å². The van der Waals surface area contributed by atoms with Crippen LogP contribution < -0.4 is 5.73 Å².